The van der Waals surface area contributed by atoms with Crippen LogP contribution in [0.25, 0.3) is 0 Å². The average Bonchev–Trinajstić information content (AvgIpc) is 3.20. The maximum Gasteiger partial charge on any atom is 0.416 e. The number of halogens is 3. The van der Waals surface area contributed by atoms with Gasteiger partial charge in [0.25, 0.3) is 5.91 Å². The van der Waals surface area contributed by atoms with Gasteiger partial charge in [0.15, 0.2) is 12.2 Å². The molecule has 0 aliphatic carbocycles. The Morgan fingerprint density at radius 1 is 1.13 bits per heavy atom. The van der Waals surface area contributed by atoms with Crippen LogP contribution in [0, 0.1) is 5.92 Å². The molecule has 1 fully saturated rings. The summed E-state index contributed by atoms with van der Waals surface area (Å²) < 4.78 is 38.8. The molecule has 3 amide bonds. The molecule has 4 rings (SSSR count). The van der Waals surface area contributed by atoms with Crippen LogP contribution in [0.1, 0.15) is 32.8 Å². The summed E-state index contributed by atoms with van der Waals surface area (Å²) in [5, 5.41) is 0. The Morgan fingerprint density at radius 3 is 2.35 bits per heavy atom. The molecule has 0 N–H and O–H groups in total. The number of imide groups is 1. The van der Waals surface area contributed by atoms with E-state index in [0.717, 1.165) is 17.8 Å². The second kappa shape index (κ2) is 7.28. The van der Waals surface area contributed by atoms with Crippen LogP contribution in [0.5, 0.6) is 0 Å². The van der Waals surface area contributed by atoms with Crippen molar-refractivity contribution in [2.45, 2.75) is 45.6 Å². The lowest BCUT2D eigenvalue weighted by atomic mass is 10.1. The summed E-state index contributed by atoms with van der Waals surface area (Å²) in [7, 11) is 1.61. The Kier molecular flexibility index (Phi) is 4.98. The van der Waals surface area contributed by atoms with E-state index in [1.54, 1.807) is 30.0 Å². The Balaban J connectivity index is 1.64. The van der Waals surface area contributed by atoms with Crippen molar-refractivity contribution in [3.05, 3.63) is 41.7 Å². The Hall–Kier alpha value is -3.04. The van der Waals surface area contributed by atoms with E-state index in [1.165, 1.54) is 21.9 Å². The van der Waals surface area contributed by atoms with Crippen molar-refractivity contribution < 1.29 is 22.8 Å². The van der Waals surface area contributed by atoms with Gasteiger partial charge in [-0.15, -0.1) is 0 Å². The molecule has 1 saturated heterocycles. The maximum absolute atomic E-state index is 13.2. The lowest BCUT2D eigenvalue weighted by Crippen LogP contribution is -2.64. The molecule has 7 nitrogen and oxygen atoms in total. The molecule has 3 aliphatic heterocycles. The molecule has 31 heavy (non-hydrogen) atoms. The number of urea groups is 1. The molecular formula is C21H24F3N5O2. The van der Waals surface area contributed by atoms with Gasteiger partial charge >= 0.3 is 12.2 Å². The van der Waals surface area contributed by atoms with Crippen molar-refractivity contribution in [3.8, 4) is 0 Å². The number of rotatable bonds is 4. The number of alkyl halides is 3. The van der Waals surface area contributed by atoms with E-state index in [1.807, 2.05) is 13.8 Å². The summed E-state index contributed by atoms with van der Waals surface area (Å²) in [6.07, 6.45) is -2.66. The van der Waals surface area contributed by atoms with E-state index >= 15 is 0 Å². The number of hydrogen-bond donors (Lipinski definition) is 0. The van der Waals surface area contributed by atoms with E-state index in [-0.39, 0.29) is 11.9 Å². The van der Waals surface area contributed by atoms with Crippen molar-refractivity contribution in [1.82, 2.24) is 14.7 Å². The number of anilines is 1. The monoisotopic (exact) mass is 435 g/mol. The van der Waals surface area contributed by atoms with Gasteiger partial charge in [-0.25, -0.2) is 9.79 Å². The standard InChI is InChI=1S/C21H24F3N5O2/c1-12(2)9-10-27-18(30)16-17(26(4)20(27)31)25-19-28(16)11-13(3)29(19)15-7-5-14(6-8-15)21(22,23)24/h5-8,11-12,16-17H,9-10H2,1-4H3. The highest BCUT2D eigenvalue weighted by atomic mass is 19.4. The minimum atomic E-state index is -4.42. The zero-order valence-electron chi connectivity index (χ0n) is 17.7. The summed E-state index contributed by atoms with van der Waals surface area (Å²) in [6, 6.07) is 3.70. The van der Waals surface area contributed by atoms with Crippen LogP contribution < -0.4 is 4.90 Å². The third kappa shape index (κ3) is 3.43. The van der Waals surface area contributed by atoms with Crippen LogP contribution >= 0.6 is 0 Å². The second-order valence-electron chi connectivity index (χ2n) is 8.41. The van der Waals surface area contributed by atoms with E-state index in [0.29, 0.717) is 30.5 Å². The molecule has 0 spiro atoms. The Morgan fingerprint density at radius 2 is 1.77 bits per heavy atom. The van der Waals surface area contributed by atoms with Crippen molar-refractivity contribution >= 4 is 23.6 Å². The lowest BCUT2D eigenvalue weighted by Gasteiger charge is -2.40. The number of hydrogen-bond acceptors (Lipinski definition) is 5. The van der Waals surface area contributed by atoms with Gasteiger partial charge < -0.3 is 9.80 Å². The molecule has 0 aromatic heterocycles. The number of amides is 3. The highest BCUT2D eigenvalue weighted by molar-refractivity contribution is 6.09. The third-order valence-corrected chi connectivity index (χ3v) is 5.77. The van der Waals surface area contributed by atoms with Crippen molar-refractivity contribution in [1.29, 1.82) is 0 Å². The third-order valence-electron chi connectivity index (χ3n) is 5.77. The normalized spacial score (nSPS) is 23.5. The van der Waals surface area contributed by atoms with Crippen LogP contribution in [0.2, 0.25) is 0 Å². The van der Waals surface area contributed by atoms with Gasteiger partial charge in [0.2, 0.25) is 5.96 Å². The number of likely N-dealkylation sites (N-methyl/N-ethyl adjacent to an activating group) is 1. The first kappa shape index (κ1) is 21.2. The first-order valence-corrected chi connectivity index (χ1v) is 10.1. The van der Waals surface area contributed by atoms with Crippen molar-refractivity contribution in [2.24, 2.45) is 10.9 Å². The molecule has 166 valence electrons. The summed E-state index contributed by atoms with van der Waals surface area (Å²) in [5.41, 5.74) is 0.482. The summed E-state index contributed by atoms with van der Waals surface area (Å²) in [6.45, 7) is 6.18. The van der Waals surface area contributed by atoms with Crippen LogP contribution in [-0.2, 0) is 11.0 Å². The largest absolute Gasteiger partial charge is 0.416 e. The number of aliphatic imine (C=N–C) groups is 1. The summed E-state index contributed by atoms with van der Waals surface area (Å²) >= 11 is 0. The molecule has 2 atom stereocenters. The minimum absolute atomic E-state index is 0.314. The number of fused-ring (bicyclic) bond motifs is 3. The van der Waals surface area contributed by atoms with E-state index in [9.17, 15) is 22.8 Å². The molecule has 0 bridgehead atoms. The number of benzene rings is 1. The molecule has 2 unspecified atom stereocenters. The predicted octanol–water partition coefficient (Wildman–Crippen LogP) is 3.69. The zero-order valence-corrected chi connectivity index (χ0v) is 17.7. The first-order valence-electron chi connectivity index (χ1n) is 10.1. The smallest absolute Gasteiger partial charge is 0.302 e. The topological polar surface area (TPSA) is 59.5 Å². The van der Waals surface area contributed by atoms with Gasteiger partial charge in [0, 0.05) is 31.2 Å². The van der Waals surface area contributed by atoms with E-state index in [2.05, 4.69) is 4.99 Å². The molecule has 1 aromatic rings. The molecule has 3 heterocycles. The summed E-state index contributed by atoms with van der Waals surface area (Å²) in [5.74, 6) is 0.444. The number of carbonyl (C=O) groups is 2. The van der Waals surface area contributed by atoms with Crippen LogP contribution in [-0.4, -0.2) is 58.4 Å². The fourth-order valence-electron chi connectivity index (χ4n) is 4.07. The zero-order chi connectivity index (χ0) is 22.7. The van der Waals surface area contributed by atoms with Gasteiger partial charge in [-0.2, -0.15) is 13.2 Å². The number of nitrogens with zero attached hydrogens (tertiary/aromatic N) is 5. The van der Waals surface area contributed by atoms with E-state index < -0.39 is 23.9 Å². The number of allylic oxidation sites excluding steroid dienone is 1. The number of carbonyl (C=O) groups excluding carboxylic acids is 2. The Labute approximate surface area is 178 Å². The highest BCUT2D eigenvalue weighted by Gasteiger charge is 2.54. The van der Waals surface area contributed by atoms with Gasteiger partial charge in [-0.1, -0.05) is 13.8 Å². The van der Waals surface area contributed by atoms with Crippen LogP contribution in [0.4, 0.5) is 23.7 Å². The SMILES string of the molecule is CC1=CN2C(=NC3C2C(=O)N(CCC(C)C)C(=O)N3C)N1c1ccc(C(F)(F)F)cc1. The second-order valence-corrected chi connectivity index (χ2v) is 8.41. The van der Waals surface area contributed by atoms with Gasteiger partial charge in [-0.05, 0) is 43.5 Å². The first-order chi connectivity index (χ1) is 14.5. The molecule has 3 aliphatic rings. The summed E-state index contributed by atoms with van der Waals surface area (Å²) in [4.78, 5) is 36.7. The van der Waals surface area contributed by atoms with Gasteiger partial charge in [0.1, 0.15) is 0 Å². The quantitative estimate of drug-likeness (QED) is 0.724. The van der Waals surface area contributed by atoms with Gasteiger partial charge in [-0.3, -0.25) is 14.6 Å². The van der Waals surface area contributed by atoms with Crippen LogP contribution in [0.15, 0.2) is 41.2 Å². The fraction of sp³-hybridized carbons (Fsp3) is 0.476. The Bertz CT molecular complexity index is 970. The van der Waals surface area contributed by atoms with Crippen LogP contribution in [0.3, 0.4) is 0 Å². The lowest BCUT2D eigenvalue weighted by molar-refractivity contribution is -0.138. The molecular weight excluding hydrogens is 411 g/mol. The highest BCUT2D eigenvalue weighted by Crippen LogP contribution is 2.37. The van der Waals surface area contributed by atoms with E-state index in [4.69, 9.17) is 0 Å². The molecule has 0 radical (unpaired) electrons. The predicted molar refractivity (Wildman–Crippen MR) is 109 cm³/mol. The van der Waals surface area contributed by atoms with Crippen molar-refractivity contribution in [3.63, 3.8) is 0 Å². The average molecular weight is 435 g/mol. The van der Waals surface area contributed by atoms with Gasteiger partial charge in [0.05, 0.1) is 5.56 Å². The van der Waals surface area contributed by atoms with Crippen molar-refractivity contribution in [2.75, 3.05) is 18.5 Å². The molecule has 0 saturated carbocycles. The minimum Gasteiger partial charge on any atom is -0.302 e. The molecule has 1 aromatic carbocycles. The fourth-order valence-corrected chi connectivity index (χ4v) is 4.07. The number of guanidine groups is 1. The molecule has 10 heteroatoms. The maximum atomic E-state index is 13.2.